The lowest BCUT2D eigenvalue weighted by Crippen LogP contribution is -2.63. The molecule has 13 nitrogen and oxygen atoms in total. The molecule has 0 radical (unpaired) electrons. The molecule has 212 valence electrons. The summed E-state index contributed by atoms with van der Waals surface area (Å²) in [5.74, 6) is -0.778. The molecule has 0 spiro atoms. The maximum atomic E-state index is 12.8. The van der Waals surface area contributed by atoms with Gasteiger partial charge in [-0.15, -0.1) is 0 Å². The number of hydrogen-bond acceptors (Lipinski definition) is 13. The van der Waals surface area contributed by atoms with Crippen LogP contribution in [0.1, 0.15) is 28.4 Å². The summed E-state index contributed by atoms with van der Waals surface area (Å²) in [6.45, 7) is -1.07. The van der Waals surface area contributed by atoms with Crippen LogP contribution >= 0.6 is 0 Å². The molecule has 2 saturated heterocycles. The van der Waals surface area contributed by atoms with E-state index in [0.717, 1.165) is 11.6 Å². The number of aliphatic hydroxyl groups excluding tert-OH is 6. The van der Waals surface area contributed by atoms with Crippen LogP contribution in [0.4, 0.5) is 0 Å². The predicted octanol–water partition coefficient (Wildman–Crippen LogP) is -1.26. The molecule has 3 aliphatic heterocycles. The molecule has 0 saturated carbocycles. The van der Waals surface area contributed by atoms with Crippen molar-refractivity contribution in [2.45, 2.75) is 67.8 Å². The summed E-state index contributed by atoms with van der Waals surface area (Å²) < 4.78 is 28.3. The molecule has 2 fully saturated rings. The van der Waals surface area contributed by atoms with Gasteiger partial charge in [0.1, 0.15) is 65.5 Å². The van der Waals surface area contributed by atoms with E-state index in [9.17, 15) is 40.5 Å². The van der Waals surface area contributed by atoms with Gasteiger partial charge < -0.3 is 59.4 Å². The van der Waals surface area contributed by atoms with Gasteiger partial charge in [0.25, 0.3) is 0 Å². The van der Waals surface area contributed by atoms with E-state index in [1.165, 1.54) is 6.07 Å². The number of phenolic OH excluding ortho intramolecular Hbond substituents is 1. The number of hydrogen-bond donors (Lipinski definition) is 7. The molecule has 3 heterocycles. The maximum Gasteiger partial charge on any atom is 0.229 e. The van der Waals surface area contributed by atoms with Crippen molar-refractivity contribution in [3.05, 3.63) is 53.6 Å². The third-order valence-electron chi connectivity index (χ3n) is 6.97. The molecule has 13 heteroatoms. The van der Waals surface area contributed by atoms with Gasteiger partial charge >= 0.3 is 0 Å². The highest BCUT2D eigenvalue weighted by molar-refractivity contribution is 6.02. The van der Waals surface area contributed by atoms with Crippen molar-refractivity contribution in [2.75, 3.05) is 13.2 Å². The summed E-state index contributed by atoms with van der Waals surface area (Å²) >= 11 is 0. The van der Waals surface area contributed by atoms with Crippen LogP contribution in [0.15, 0.2) is 42.5 Å². The second-order valence-electron chi connectivity index (χ2n) is 9.64. The third kappa shape index (κ3) is 5.45. The van der Waals surface area contributed by atoms with Gasteiger partial charge in [-0.25, -0.2) is 0 Å². The van der Waals surface area contributed by atoms with Crippen LogP contribution in [0.25, 0.3) is 0 Å². The van der Waals surface area contributed by atoms with Crippen molar-refractivity contribution < 1.29 is 64.2 Å². The van der Waals surface area contributed by atoms with E-state index in [-0.39, 0.29) is 35.9 Å². The van der Waals surface area contributed by atoms with Crippen LogP contribution < -0.4 is 9.47 Å². The lowest BCUT2D eigenvalue weighted by atomic mass is 9.95. The SMILES string of the molecule is O=C1C[C@@H](c2ccccc2)Oc2cc(O[C@@H]3O[C@H](CO)[C@@H](O)[C@H](O)[C@H]3O[C@@H]3OC[C@H](O)[C@H](O)[C@H]3O)cc(O)c21. The van der Waals surface area contributed by atoms with Crippen molar-refractivity contribution in [2.24, 2.45) is 0 Å². The minimum atomic E-state index is -1.72. The number of ketones is 1. The van der Waals surface area contributed by atoms with Crippen LogP contribution in [0.2, 0.25) is 0 Å². The quantitative estimate of drug-likeness (QED) is 0.225. The van der Waals surface area contributed by atoms with E-state index in [1.54, 1.807) is 24.3 Å². The van der Waals surface area contributed by atoms with Crippen molar-refractivity contribution in [1.29, 1.82) is 0 Å². The second-order valence-corrected chi connectivity index (χ2v) is 9.64. The summed E-state index contributed by atoms with van der Waals surface area (Å²) in [5.41, 5.74) is 0.731. The highest BCUT2D eigenvalue weighted by Gasteiger charge is 2.50. The van der Waals surface area contributed by atoms with Crippen molar-refractivity contribution >= 4 is 5.78 Å². The van der Waals surface area contributed by atoms with Gasteiger partial charge in [-0.3, -0.25) is 4.79 Å². The summed E-state index contributed by atoms with van der Waals surface area (Å²) in [4.78, 5) is 12.8. The number of aliphatic hydroxyl groups is 6. The lowest BCUT2D eigenvalue weighted by molar-refractivity contribution is -0.344. The fourth-order valence-electron chi connectivity index (χ4n) is 4.82. The van der Waals surface area contributed by atoms with Gasteiger partial charge in [0.15, 0.2) is 18.2 Å². The Morgan fingerprint density at radius 3 is 2.38 bits per heavy atom. The van der Waals surface area contributed by atoms with Gasteiger partial charge in [-0.1, -0.05) is 30.3 Å². The summed E-state index contributed by atoms with van der Waals surface area (Å²) in [6.07, 6.45) is -14.5. The Kier molecular flexibility index (Phi) is 8.05. The summed E-state index contributed by atoms with van der Waals surface area (Å²) in [5, 5.41) is 71.3. The zero-order valence-corrected chi connectivity index (χ0v) is 20.5. The number of Topliss-reactive ketones (excluding diaryl/α,β-unsaturated/α-hetero) is 1. The van der Waals surface area contributed by atoms with Crippen LogP contribution in [-0.4, -0.2) is 110 Å². The number of aromatic hydroxyl groups is 1. The van der Waals surface area contributed by atoms with Crippen LogP contribution in [0, 0.1) is 0 Å². The molecule has 5 rings (SSSR count). The fourth-order valence-corrected chi connectivity index (χ4v) is 4.82. The minimum absolute atomic E-state index is 0.0128. The van der Waals surface area contributed by atoms with Gasteiger partial charge in [0.05, 0.1) is 19.6 Å². The van der Waals surface area contributed by atoms with Gasteiger partial charge in [-0.2, -0.15) is 0 Å². The van der Waals surface area contributed by atoms with E-state index < -0.39 is 73.8 Å². The third-order valence-corrected chi connectivity index (χ3v) is 6.97. The van der Waals surface area contributed by atoms with Crippen LogP contribution in [-0.2, 0) is 14.2 Å². The average molecular weight is 551 g/mol. The highest BCUT2D eigenvalue weighted by atomic mass is 16.8. The largest absolute Gasteiger partial charge is 0.507 e. The number of ether oxygens (including phenoxy) is 5. The van der Waals surface area contributed by atoms with Crippen molar-refractivity contribution in [1.82, 2.24) is 0 Å². The number of carbonyl (C=O) groups excluding carboxylic acids is 1. The van der Waals surface area contributed by atoms with E-state index in [0.29, 0.717) is 0 Å². The first-order valence-electron chi connectivity index (χ1n) is 12.4. The molecule has 0 aliphatic carbocycles. The Morgan fingerprint density at radius 2 is 1.67 bits per heavy atom. The molecule has 0 bridgehead atoms. The monoisotopic (exact) mass is 550 g/mol. The molecule has 7 N–H and O–H groups in total. The Bertz CT molecular complexity index is 1160. The number of carbonyl (C=O) groups is 1. The molecule has 0 amide bonds. The van der Waals surface area contributed by atoms with Crippen molar-refractivity contribution in [3.63, 3.8) is 0 Å². The van der Waals surface area contributed by atoms with Gasteiger partial charge in [0, 0.05) is 12.1 Å². The Hall–Kier alpha value is -2.85. The Balaban J connectivity index is 1.41. The number of phenols is 1. The highest BCUT2D eigenvalue weighted by Crippen LogP contribution is 2.42. The molecule has 3 aliphatic rings. The molecule has 2 aromatic carbocycles. The molecule has 0 unspecified atom stereocenters. The zero-order valence-electron chi connectivity index (χ0n) is 20.5. The lowest BCUT2D eigenvalue weighted by Gasteiger charge is -2.44. The second kappa shape index (κ2) is 11.3. The Morgan fingerprint density at radius 1 is 0.923 bits per heavy atom. The number of benzene rings is 2. The van der Waals surface area contributed by atoms with E-state index >= 15 is 0 Å². The maximum absolute atomic E-state index is 12.8. The first-order chi connectivity index (χ1) is 18.7. The predicted molar refractivity (Wildman–Crippen MR) is 128 cm³/mol. The fraction of sp³-hybridized carbons (Fsp3) is 0.500. The first-order valence-corrected chi connectivity index (χ1v) is 12.4. The van der Waals surface area contributed by atoms with E-state index in [2.05, 4.69) is 0 Å². The average Bonchev–Trinajstić information content (AvgIpc) is 2.92. The summed E-state index contributed by atoms with van der Waals surface area (Å²) in [6, 6.07) is 11.5. The zero-order chi connectivity index (χ0) is 27.8. The number of rotatable bonds is 6. The van der Waals surface area contributed by atoms with Crippen LogP contribution in [0.3, 0.4) is 0 Å². The molecule has 10 atom stereocenters. The molecule has 2 aromatic rings. The van der Waals surface area contributed by atoms with Crippen molar-refractivity contribution in [3.8, 4) is 17.2 Å². The van der Waals surface area contributed by atoms with Gasteiger partial charge in [-0.05, 0) is 5.56 Å². The standard InChI is InChI=1S/C26H30O13/c27-9-18-21(32)22(33)24(39-25-23(34)20(31)15(30)10-35-25)26(38-18)36-12-6-13(28)19-14(29)8-16(37-17(19)7-12)11-4-2-1-3-5-11/h1-7,15-16,18,20-28,30-34H,8-10H2/t15-,16-,18+,20-,21+,22-,23+,24+,25-,26+/m0/s1. The normalized spacial score (nSPS) is 36.6. The van der Waals surface area contributed by atoms with E-state index in [1.807, 2.05) is 6.07 Å². The minimum Gasteiger partial charge on any atom is -0.507 e. The van der Waals surface area contributed by atoms with Crippen LogP contribution in [0.5, 0.6) is 17.2 Å². The summed E-state index contributed by atoms with van der Waals surface area (Å²) in [7, 11) is 0. The number of fused-ring (bicyclic) bond motifs is 1. The topological polar surface area (TPSA) is 205 Å². The first kappa shape index (κ1) is 27.7. The molecular weight excluding hydrogens is 520 g/mol. The van der Waals surface area contributed by atoms with E-state index in [4.69, 9.17) is 23.7 Å². The molecule has 0 aromatic heterocycles. The Labute approximate surface area is 222 Å². The molecule has 39 heavy (non-hydrogen) atoms. The molecular formula is C26H30O13. The smallest absolute Gasteiger partial charge is 0.229 e. The van der Waals surface area contributed by atoms with Gasteiger partial charge in [0.2, 0.25) is 6.29 Å².